The molecule has 0 amide bonds. The molecule has 0 heterocycles. The van der Waals surface area contributed by atoms with Gasteiger partial charge in [-0.05, 0) is 25.3 Å². The maximum atomic E-state index is 3.58. The van der Waals surface area contributed by atoms with E-state index >= 15 is 0 Å². The van der Waals surface area contributed by atoms with Crippen LogP contribution < -0.4 is 5.32 Å². The predicted molar refractivity (Wildman–Crippen MR) is 67.0 cm³/mol. The van der Waals surface area contributed by atoms with Gasteiger partial charge in [0.05, 0.1) is 0 Å². The van der Waals surface area contributed by atoms with Crippen molar-refractivity contribution in [2.45, 2.75) is 51.2 Å². The molecule has 1 saturated carbocycles. The minimum atomic E-state index is 0.426. The lowest BCUT2D eigenvalue weighted by Crippen LogP contribution is -2.24. The Morgan fingerprint density at radius 3 is 2.43 bits per heavy atom. The van der Waals surface area contributed by atoms with Crippen LogP contribution in [0.3, 0.4) is 0 Å². The summed E-state index contributed by atoms with van der Waals surface area (Å²) in [7, 11) is 0. The Labute approximate surface area is 93.4 Å². The number of hydrogen-bond donors (Lipinski definition) is 1. The molecule has 1 N–H and O–H groups in total. The standard InChI is InChI=1S/C12H25NS/c1-12(2,3)14-9-8-13-10-11-6-4-5-7-11/h11,13H,4-10H2,1-3H3. The van der Waals surface area contributed by atoms with Gasteiger partial charge in [0, 0.05) is 17.0 Å². The summed E-state index contributed by atoms with van der Waals surface area (Å²) in [6.07, 6.45) is 5.84. The van der Waals surface area contributed by atoms with Gasteiger partial charge in [-0.2, -0.15) is 11.8 Å². The zero-order chi connectivity index (χ0) is 10.4. The van der Waals surface area contributed by atoms with Crippen LogP contribution in [-0.2, 0) is 0 Å². The van der Waals surface area contributed by atoms with Crippen LogP contribution in [-0.4, -0.2) is 23.6 Å². The molecule has 0 radical (unpaired) electrons. The molecule has 0 aliphatic heterocycles. The van der Waals surface area contributed by atoms with Crippen molar-refractivity contribution in [1.29, 1.82) is 0 Å². The Hall–Kier alpha value is 0.310. The van der Waals surface area contributed by atoms with Gasteiger partial charge in [-0.1, -0.05) is 33.6 Å². The van der Waals surface area contributed by atoms with Crippen molar-refractivity contribution in [3.63, 3.8) is 0 Å². The fourth-order valence-electron chi connectivity index (χ4n) is 1.95. The minimum Gasteiger partial charge on any atom is -0.316 e. The van der Waals surface area contributed by atoms with E-state index in [4.69, 9.17) is 0 Å². The number of thioether (sulfide) groups is 1. The topological polar surface area (TPSA) is 12.0 Å². The largest absolute Gasteiger partial charge is 0.316 e. The van der Waals surface area contributed by atoms with Crippen LogP contribution in [0.4, 0.5) is 0 Å². The quantitative estimate of drug-likeness (QED) is 0.706. The molecule has 0 unspecified atom stereocenters. The molecule has 84 valence electrons. The molecule has 1 aliphatic rings. The third kappa shape index (κ3) is 5.92. The van der Waals surface area contributed by atoms with E-state index in [9.17, 15) is 0 Å². The molecule has 1 nitrogen and oxygen atoms in total. The smallest absolute Gasteiger partial charge is 0.00755 e. The van der Waals surface area contributed by atoms with Gasteiger partial charge < -0.3 is 5.32 Å². The van der Waals surface area contributed by atoms with E-state index in [0.717, 1.165) is 5.92 Å². The molecule has 0 aromatic rings. The maximum Gasteiger partial charge on any atom is 0.00755 e. The second kappa shape index (κ2) is 6.02. The fraction of sp³-hybridized carbons (Fsp3) is 1.00. The van der Waals surface area contributed by atoms with Crippen LogP contribution in [0, 0.1) is 5.92 Å². The molecule has 2 heteroatoms. The van der Waals surface area contributed by atoms with Crippen molar-refractivity contribution in [3.8, 4) is 0 Å². The van der Waals surface area contributed by atoms with Gasteiger partial charge in [0.1, 0.15) is 0 Å². The first-order valence-electron chi connectivity index (χ1n) is 5.92. The van der Waals surface area contributed by atoms with Crippen molar-refractivity contribution in [2.75, 3.05) is 18.8 Å². The number of hydrogen-bond acceptors (Lipinski definition) is 2. The van der Waals surface area contributed by atoms with E-state index in [1.165, 1.54) is 44.5 Å². The zero-order valence-electron chi connectivity index (χ0n) is 9.94. The van der Waals surface area contributed by atoms with Gasteiger partial charge in [0.25, 0.3) is 0 Å². The Bertz CT molecular complexity index is 145. The zero-order valence-corrected chi connectivity index (χ0v) is 10.8. The SMILES string of the molecule is CC(C)(C)SCCNCC1CCCC1. The van der Waals surface area contributed by atoms with Crippen LogP contribution in [0.15, 0.2) is 0 Å². The first-order valence-corrected chi connectivity index (χ1v) is 6.91. The highest BCUT2D eigenvalue weighted by Gasteiger charge is 2.14. The Kier molecular flexibility index (Phi) is 5.32. The first kappa shape index (κ1) is 12.4. The second-order valence-corrected chi connectivity index (χ2v) is 7.24. The lowest BCUT2D eigenvalue weighted by atomic mass is 10.1. The highest BCUT2D eigenvalue weighted by molar-refractivity contribution is 8.00. The maximum absolute atomic E-state index is 3.58. The molecule has 1 fully saturated rings. The van der Waals surface area contributed by atoms with Crippen LogP contribution in [0.25, 0.3) is 0 Å². The Morgan fingerprint density at radius 1 is 1.21 bits per heavy atom. The van der Waals surface area contributed by atoms with E-state index in [1.54, 1.807) is 0 Å². The monoisotopic (exact) mass is 215 g/mol. The van der Waals surface area contributed by atoms with Gasteiger partial charge in [0.2, 0.25) is 0 Å². The van der Waals surface area contributed by atoms with Gasteiger partial charge in [-0.25, -0.2) is 0 Å². The van der Waals surface area contributed by atoms with Crippen molar-refractivity contribution in [2.24, 2.45) is 5.92 Å². The van der Waals surface area contributed by atoms with Crippen molar-refractivity contribution < 1.29 is 0 Å². The van der Waals surface area contributed by atoms with Gasteiger partial charge in [0.15, 0.2) is 0 Å². The highest BCUT2D eigenvalue weighted by Crippen LogP contribution is 2.24. The molecule has 1 aliphatic carbocycles. The molecule has 14 heavy (non-hydrogen) atoms. The summed E-state index contributed by atoms with van der Waals surface area (Å²) in [6.45, 7) is 9.29. The summed E-state index contributed by atoms with van der Waals surface area (Å²) in [6, 6.07) is 0. The van der Waals surface area contributed by atoms with E-state index in [2.05, 4.69) is 37.8 Å². The normalized spacial score (nSPS) is 19.1. The molecule has 0 aromatic carbocycles. The summed E-state index contributed by atoms with van der Waals surface area (Å²) >= 11 is 2.05. The molecule has 0 saturated heterocycles. The van der Waals surface area contributed by atoms with E-state index < -0.39 is 0 Å². The minimum absolute atomic E-state index is 0.426. The van der Waals surface area contributed by atoms with Gasteiger partial charge in [-0.3, -0.25) is 0 Å². The Balaban J connectivity index is 1.89. The molecular formula is C12H25NS. The third-order valence-electron chi connectivity index (χ3n) is 2.72. The van der Waals surface area contributed by atoms with Crippen molar-refractivity contribution in [1.82, 2.24) is 5.32 Å². The Morgan fingerprint density at radius 2 is 1.86 bits per heavy atom. The van der Waals surface area contributed by atoms with Crippen LogP contribution in [0.5, 0.6) is 0 Å². The van der Waals surface area contributed by atoms with Gasteiger partial charge >= 0.3 is 0 Å². The highest BCUT2D eigenvalue weighted by atomic mass is 32.2. The molecule has 0 bridgehead atoms. The second-order valence-electron chi connectivity index (χ2n) is 5.32. The summed E-state index contributed by atoms with van der Waals surface area (Å²) in [5, 5.41) is 3.58. The average Bonchev–Trinajstić information content (AvgIpc) is 2.54. The lowest BCUT2D eigenvalue weighted by molar-refractivity contribution is 0.499. The summed E-state index contributed by atoms with van der Waals surface area (Å²) in [5.74, 6) is 2.23. The van der Waals surface area contributed by atoms with Gasteiger partial charge in [-0.15, -0.1) is 0 Å². The van der Waals surface area contributed by atoms with Crippen LogP contribution >= 0.6 is 11.8 Å². The van der Waals surface area contributed by atoms with Crippen molar-refractivity contribution >= 4 is 11.8 Å². The summed E-state index contributed by atoms with van der Waals surface area (Å²) in [4.78, 5) is 0. The first-order chi connectivity index (χ1) is 6.58. The molecular weight excluding hydrogens is 190 g/mol. The predicted octanol–water partition coefficient (Wildman–Crippen LogP) is 3.30. The molecule has 0 spiro atoms. The summed E-state index contributed by atoms with van der Waals surface area (Å²) < 4.78 is 0.426. The molecule has 1 rings (SSSR count). The molecule has 0 atom stereocenters. The molecule has 0 aromatic heterocycles. The number of rotatable bonds is 5. The van der Waals surface area contributed by atoms with Crippen LogP contribution in [0.2, 0.25) is 0 Å². The average molecular weight is 215 g/mol. The third-order valence-corrected chi connectivity index (χ3v) is 4.00. The van der Waals surface area contributed by atoms with E-state index in [0.29, 0.717) is 4.75 Å². The van der Waals surface area contributed by atoms with E-state index in [1.807, 2.05) is 0 Å². The van der Waals surface area contributed by atoms with E-state index in [-0.39, 0.29) is 0 Å². The van der Waals surface area contributed by atoms with Crippen LogP contribution in [0.1, 0.15) is 46.5 Å². The summed E-state index contributed by atoms with van der Waals surface area (Å²) in [5.41, 5.74) is 0. The number of nitrogens with one attached hydrogen (secondary N) is 1. The fourth-order valence-corrected chi connectivity index (χ4v) is 2.81. The lowest BCUT2D eigenvalue weighted by Gasteiger charge is -2.18. The van der Waals surface area contributed by atoms with Crippen molar-refractivity contribution in [3.05, 3.63) is 0 Å².